The summed E-state index contributed by atoms with van der Waals surface area (Å²) >= 11 is 0. The van der Waals surface area contributed by atoms with Gasteiger partial charge in [0.2, 0.25) is 5.78 Å². The Labute approximate surface area is 359 Å². The van der Waals surface area contributed by atoms with Crippen molar-refractivity contribution in [3.8, 4) is 0 Å². The molecule has 2 heterocycles. The van der Waals surface area contributed by atoms with Crippen molar-refractivity contribution in [2.75, 3.05) is 13.7 Å². The third-order valence-electron chi connectivity index (χ3n) is 14.2. The Morgan fingerprint density at radius 3 is 2.08 bits per heavy atom. The van der Waals surface area contributed by atoms with E-state index in [1.54, 1.807) is 45.9 Å². The molecule has 4 unspecified atom stereocenters. The molecule has 62 heavy (non-hydrogen) atoms. The van der Waals surface area contributed by atoms with Gasteiger partial charge < -0.3 is 53.6 Å². The number of allylic oxidation sites excluding steroid dienone is 1. The van der Waals surface area contributed by atoms with Gasteiger partial charge in [0.1, 0.15) is 23.4 Å². The van der Waals surface area contributed by atoms with Gasteiger partial charge in [-0.3, -0.25) is 14.5 Å². The van der Waals surface area contributed by atoms with Crippen LogP contribution in [0.15, 0.2) is 41.7 Å². The maximum atomic E-state index is 15.6. The van der Waals surface area contributed by atoms with Crippen LogP contribution in [-0.2, 0) is 47.5 Å². The summed E-state index contributed by atoms with van der Waals surface area (Å²) in [4.78, 5) is 84.7. The van der Waals surface area contributed by atoms with Crippen LogP contribution in [0.4, 0.5) is 9.59 Å². The van der Waals surface area contributed by atoms with Gasteiger partial charge in [-0.2, -0.15) is 0 Å². The van der Waals surface area contributed by atoms with Crippen molar-refractivity contribution in [1.82, 2.24) is 4.90 Å². The minimum atomic E-state index is -2.50. The molecular weight excluding hydrogens is 814 g/mol. The topological polar surface area (TPSA) is 251 Å². The zero-order valence-corrected chi connectivity index (χ0v) is 37.2. The summed E-state index contributed by atoms with van der Waals surface area (Å²) in [7, 11) is 1.06. The van der Waals surface area contributed by atoms with Crippen LogP contribution >= 0.6 is 0 Å². The van der Waals surface area contributed by atoms with Gasteiger partial charge in [-0.15, -0.1) is 0 Å². The maximum absolute atomic E-state index is 15.6. The summed E-state index contributed by atoms with van der Waals surface area (Å²) in [5, 5.41) is 49.0. The summed E-state index contributed by atoms with van der Waals surface area (Å²) in [5.74, 6) is -7.64. The molecule has 5 aliphatic rings. The molecule has 4 N–H and O–H groups in total. The lowest BCUT2D eigenvalue weighted by Gasteiger charge is -2.67. The number of esters is 3. The lowest BCUT2D eigenvalue weighted by Crippen LogP contribution is -2.81. The summed E-state index contributed by atoms with van der Waals surface area (Å²) in [6.45, 7) is 15.8. The predicted octanol–water partition coefficient (Wildman–Crippen LogP) is 3.34. The second-order valence-corrected chi connectivity index (χ2v) is 19.9. The number of carbonyl (C=O) groups is 6. The van der Waals surface area contributed by atoms with Crippen molar-refractivity contribution in [2.45, 2.75) is 148 Å². The Bertz CT molecular complexity index is 2060. The molecule has 2 aliphatic heterocycles. The number of hydrogen-bond acceptors (Lipinski definition) is 17. The van der Waals surface area contributed by atoms with E-state index in [0.29, 0.717) is 0 Å². The van der Waals surface area contributed by atoms with E-state index in [1.165, 1.54) is 53.7 Å². The van der Waals surface area contributed by atoms with Crippen LogP contribution in [0.3, 0.4) is 0 Å². The molecule has 0 radical (unpaired) electrons. The van der Waals surface area contributed by atoms with Crippen LogP contribution in [0.5, 0.6) is 0 Å². The van der Waals surface area contributed by atoms with Crippen LogP contribution in [-0.4, -0.2) is 134 Å². The Balaban J connectivity index is 1.60. The Morgan fingerprint density at radius 2 is 1.58 bits per heavy atom. The number of carbonyl (C=O) groups excluding carboxylic acids is 6. The van der Waals surface area contributed by atoms with Crippen molar-refractivity contribution in [1.29, 1.82) is 0 Å². The van der Waals surface area contributed by atoms with E-state index in [2.05, 4.69) is 0 Å². The van der Waals surface area contributed by atoms with Crippen LogP contribution in [0.2, 0.25) is 0 Å². The Hall–Kier alpha value is -4.62. The highest BCUT2D eigenvalue weighted by Gasteiger charge is 2.79. The first-order chi connectivity index (χ1) is 28.5. The van der Waals surface area contributed by atoms with Gasteiger partial charge in [0.15, 0.2) is 29.3 Å². The van der Waals surface area contributed by atoms with E-state index in [9.17, 15) is 44.4 Å². The second kappa shape index (κ2) is 15.3. The highest BCUT2D eigenvalue weighted by Crippen LogP contribution is 2.66. The normalized spacial score (nSPS) is 36.9. The molecule has 342 valence electrons. The number of Topliss-reactive ketones (excluding diaryl/α,β-unsaturated/α-hetero) is 1. The number of methoxy groups -OCH3 is 1. The fourth-order valence-corrected chi connectivity index (χ4v) is 10.7. The molecular formula is C44H59NO17. The smallest absolute Gasteiger partial charge is 0.457 e. The average molecular weight is 874 g/mol. The van der Waals surface area contributed by atoms with Crippen molar-refractivity contribution in [3.63, 3.8) is 0 Å². The zero-order valence-electron chi connectivity index (χ0n) is 37.2. The third kappa shape index (κ3) is 6.96. The molecule has 1 amide bonds. The van der Waals surface area contributed by atoms with Crippen LogP contribution in [0.25, 0.3) is 0 Å². The summed E-state index contributed by atoms with van der Waals surface area (Å²) in [6.07, 6.45) is -11.5. The van der Waals surface area contributed by atoms with Crippen molar-refractivity contribution < 1.29 is 82.4 Å². The molecule has 3 aliphatic carbocycles. The third-order valence-corrected chi connectivity index (χ3v) is 14.2. The Morgan fingerprint density at radius 1 is 0.968 bits per heavy atom. The first-order valence-electron chi connectivity index (χ1n) is 20.6. The molecule has 18 heteroatoms. The number of cyclic esters (lactones) is 1. The molecule has 4 fully saturated rings. The minimum Gasteiger partial charge on any atom is -0.457 e. The van der Waals surface area contributed by atoms with Gasteiger partial charge in [-0.25, -0.2) is 19.2 Å². The van der Waals surface area contributed by atoms with Crippen LogP contribution in [0, 0.1) is 28.1 Å². The van der Waals surface area contributed by atoms with Gasteiger partial charge in [0.05, 0.1) is 42.8 Å². The van der Waals surface area contributed by atoms with Gasteiger partial charge >= 0.3 is 30.2 Å². The van der Waals surface area contributed by atoms with Crippen LogP contribution < -0.4 is 0 Å². The SMILES string of the molecule is COC(=O)O[C@@]12CO[C@@H]1CC(O)[C@@]1(C)C(=O)C(OC(C)=O)=C3C(C)[C@](C)(OC(=O)[C@H](O)[C@@H](N4C(=O)OC(C)(C)C4O)C(C)(C)C)C[C@@](O)([C@@H](OC(=O)c4ccccc4)C12)C3(C)C. The molecule has 0 aromatic heterocycles. The van der Waals surface area contributed by atoms with E-state index >= 15 is 4.79 Å². The summed E-state index contributed by atoms with van der Waals surface area (Å²) in [6, 6.07) is 6.28. The maximum Gasteiger partial charge on any atom is 0.508 e. The van der Waals surface area contributed by atoms with E-state index in [-0.39, 0.29) is 17.6 Å². The van der Waals surface area contributed by atoms with E-state index in [0.717, 1.165) is 18.9 Å². The highest BCUT2D eigenvalue weighted by atomic mass is 16.8. The van der Waals surface area contributed by atoms with Crippen molar-refractivity contribution in [3.05, 3.63) is 47.2 Å². The minimum absolute atomic E-state index is 0.0292. The lowest BCUT2D eigenvalue weighted by molar-refractivity contribution is -0.345. The van der Waals surface area contributed by atoms with Gasteiger partial charge in [0, 0.05) is 31.1 Å². The van der Waals surface area contributed by atoms with E-state index in [1.807, 2.05) is 0 Å². The molecule has 2 bridgehead atoms. The van der Waals surface area contributed by atoms with Gasteiger partial charge in [-0.05, 0) is 50.8 Å². The molecule has 18 nitrogen and oxygen atoms in total. The van der Waals surface area contributed by atoms with Crippen molar-refractivity contribution >= 4 is 35.9 Å². The number of fused-ring (bicyclic) bond motifs is 5. The van der Waals surface area contributed by atoms with Gasteiger partial charge in [0.25, 0.3) is 0 Å². The number of hydrogen-bond donors (Lipinski definition) is 4. The number of ether oxygens (including phenoxy) is 7. The predicted molar refractivity (Wildman–Crippen MR) is 212 cm³/mol. The zero-order chi connectivity index (χ0) is 46.5. The molecule has 6 rings (SSSR count). The number of aliphatic hydroxyl groups is 4. The van der Waals surface area contributed by atoms with Gasteiger partial charge in [-0.1, -0.05) is 59.7 Å². The summed E-state index contributed by atoms with van der Waals surface area (Å²) in [5.41, 5.74) is -12.9. The number of nitrogens with zero attached hydrogens (tertiary/aromatic N) is 1. The first kappa shape index (κ1) is 46.9. The molecule has 2 saturated heterocycles. The van der Waals surface area contributed by atoms with E-state index in [4.69, 9.17) is 33.2 Å². The lowest BCUT2D eigenvalue weighted by atomic mass is 9.43. The quantitative estimate of drug-likeness (QED) is 0.216. The first-order valence-corrected chi connectivity index (χ1v) is 20.6. The molecule has 2 saturated carbocycles. The molecule has 1 aromatic carbocycles. The van der Waals surface area contributed by atoms with E-state index < -0.39 is 142 Å². The molecule has 0 spiro atoms. The number of amides is 1. The average Bonchev–Trinajstić information content (AvgIpc) is 3.36. The molecule has 1 aromatic rings. The number of aliphatic hydroxyl groups excluding tert-OH is 3. The Kier molecular flexibility index (Phi) is 11.6. The fraction of sp³-hybridized carbons (Fsp3) is 0.682. The standard InChI is InChI=1S/C44H59NO17/c1-21-26-28(58-22(2)46)31(49)42(11)24(47)18-25-43(20-57-25,62-37(54)56-12)29(42)32(59-33(50)23-16-14-13-15-17-23)44(55,39(26,6)7)19-41(21,10)60-34(51)27(48)30(38(3,4)5)45-35(52)40(8,9)61-36(45)53/h13-17,21,24-25,27,29-30,32,35,47-48,52,55H,18-20H2,1-12H3/t21?,24?,25-,27-,29?,30-,32+,35?,41-,42-,43+,44-/m1/s1. The second-order valence-electron chi connectivity index (χ2n) is 19.9. The number of ketones is 1. The van der Waals surface area contributed by atoms with Crippen LogP contribution in [0.1, 0.15) is 99.4 Å². The summed E-state index contributed by atoms with van der Waals surface area (Å²) < 4.78 is 40.6. The number of rotatable bonds is 8. The monoisotopic (exact) mass is 873 g/mol. The highest BCUT2D eigenvalue weighted by molar-refractivity contribution is 6.02. The molecule has 12 atom stereocenters. The van der Waals surface area contributed by atoms with Crippen molar-refractivity contribution in [2.24, 2.45) is 28.1 Å². The fourth-order valence-electron chi connectivity index (χ4n) is 10.7. The largest absolute Gasteiger partial charge is 0.508 e. The number of benzene rings is 1.